The van der Waals surface area contributed by atoms with Gasteiger partial charge in [0.15, 0.2) is 0 Å². The highest BCUT2D eigenvalue weighted by Crippen LogP contribution is 2.29. The standard InChI is InChI=1S/C15H14N4/c1-18-5-2-12-8-13(10-17-15(12)18)11-3-6-19-7-4-16-14(19)9-11/h3-4,6-10H,2,5H2,1H3. The van der Waals surface area contributed by atoms with Gasteiger partial charge < -0.3 is 9.30 Å². The van der Waals surface area contributed by atoms with Gasteiger partial charge in [-0.3, -0.25) is 0 Å². The lowest BCUT2D eigenvalue weighted by atomic mass is 10.1. The van der Waals surface area contributed by atoms with Crippen molar-refractivity contribution in [1.82, 2.24) is 14.4 Å². The Hall–Kier alpha value is -2.36. The van der Waals surface area contributed by atoms with Crippen LogP contribution in [0.15, 0.2) is 43.0 Å². The summed E-state index contributed by atoms with van der Waals surface area (Å²) >= 11 is 0. The van der Waals surface area contributed by atoms with E-state index >= 15 is 0 Å². The zero-order valence-corrected chi connectivity index (χ0v) is 10.7. The molecule has 0 radical (unpaired) electrons. The number of hydrogen-bond donors (Lipinski definition) is 0. The Bertz CT molecular complexity index is 760. The predicted octanol–water partition coefficient (Wildman–Crippen LogP) is 2.39. The molecule has 1 aliphatic heterocycles. The van der Waals surface area contributed by atoms with Crippen molar-refractivity contribution in [2.75, 3.05) is 18.5 Å². The van der Waals surface area contributed by atoms with E-state index in [4.69, 9.17) is 0 Å². The van der Waals surface area contributed by atoms with E-state index in [9.17, 15) is 0 Å². The molecular formula is C15H14N4. The summed E-state index contributed by atoms with van der Waals surface area (Å²) < 4.78 is 2.01. The lowest BCUT2D eigenvalue weighted by molar-refractivity contribution is 0.945. The third-order valence-corrected chi connectivity index (χ3v) is 3.75. The predicted molar refractivity (Wildman–Crippen MR) is 75.4 cm³/mol. The minimum atomic E-state index is 0.968. The Kier molecular flexibility index (Phi) is 2.12. The van der Waals surface area contributed by atoms with Crippen LogP contribution in [0.25, 0.3) is 16.8 Å². The molecule has 4 heteroatoms. The molecule has 0 fully saturated rings. The molecule has 0 unspecified atom stereocenters. The van der Waals surface area contributed by atoms with Crippen LogP contribution in [0.5, 0.6) is 0 Å². The molecule has 4 rings (SSSR count). The average Bonchev–Trinajstić information content (AvgIpc) is 3.04. The summed E-state index contributed by atoms with van der Waals surface area (Å²) in [5.41, 5.74) is 4.64. The van der Waals surface area contributed by atoms with Crippen LogP contribution in [0.3, 0.4) is 0 Å². The number of likely N-dealkylation sites (N-methyl/N-ethyl adjacent to an activating group) is 1. The molecule has 4 nitrogen and oxygen atoms in total. The molecule has 0 saturated carbocycles. The molecule has 3 aromatic rings. The van der Waals surface area contributed by atoms with Crippen molar-refractivity contribution in [2.24, 2.45) is 0 Å². The molecule has 1 aliphatic rings. The molecule has 0 aromatic carbocycles. The maximum absolute atomic E-state index is 4.58. The largest absolute Gasteiger partial charge is 0.359 e. The smallest absolute Gasteiger partial charge is 0.137 e. The molecule has 4 heterocycles. The normalized spacial score (nSPS) is 14.1. The SMILES string of the molecule is CN1CCc2cc(-c3ccn4ccnc4c3)cnc21. The fourth-order valence-corrected chi connectivity index (χ4v) is 2.67. The van der Waals surface area contributed by atoms with Crippen LogP contribution in [0.4, 0.5) is 5.82 Å². The molecule has 0 aliphatic carbocycles. The molecular weight excluding hydrogens is 236 g/mol. The highest BCUT2D eigenvalue weighted by atomic mass is 15.2. The van der Waals surface area contributed by atoms with Crippen LogP contribution in [0, 0.1) is 0 Å². The minimum absolute atomic E-state index is 0.968. The second-order valence-corrected chi connectivity index (χ2v) is 4.99. The molecule has 0 saturated heterocycles. The molecule has 0 N–H and O–H groups in total. The van der Waals surface area contributed by atoms with Crippen molar-refractivity contribution in [1.29, 1.82) is 0 Å². The van der Waals surface area contributed by atoms with Crippen molar-refractivity contribution in [2.45, 2.75) is 6.42 Å². The molecule has 94 valence electrons. The Morgan fingerprint density at radius 2 is 2.05 bits per heavy atom. The maximum atomic E-state index is 4.58. The first kappa shape index (κ1) is 10.6. The highest BCUT2D eigenvalue weighted by Gasteiger charge is 2.17. The fourth-order valence-electron chi connectivity index (χ4n) is 2.67. The average molecular weight is 250 g/mol. The van der Waals surface area contributed by atoms with E-state index in [1.807, 2.05) is 29.2 Å². The van der Waals surface area contributed by atoms with Crippen LogP contribution in [-0.2, 0) is 6.42 Å². The summed E-state index contributed by atoms with van der Waals surface area (Å²) in [5, 5.41) is 0. The summed E-state index contributed by atoms with van der Waals surface area (Å²) in [7, 11) is 2.09. The van der Waals surface area contributed by atoms with Gasteiger partial charge in [-0.25, -0.2) is 9.97 Å². The number of rotatable bonds is 1. The van der Waals surface area contributed by atoms with Crippen LogP contribution in [0.2, 0.25) is 0 Å². The van der Waals surface area contributed by atoms with E-state index < -0.39 is 0 Å². The van der Waals surface area contributed by atoms with Gasteiger partial charge in [-0.15, -0.1) is 0 Å². The van der Waals surface area contributed by atoms with E-state index in [1.54, 1.807) is 0 Å². The number of fused-ring (bicyclic) bond motifs is 2. The lowest BCUT2D eigenvalue weighted by Crippen LogP contribution is -2.13. The van der Waals surface area contributed by atoms with E-state index in [0.717, 1.165) is 24.4 Å². The zero-order valence-electron chi connectivity index (χ0n) is 10.7. The van der Waals surface area contributed by atoms with Gasteiger partial charge in [-0.1, -0.05) is 0 Å². The molecule has 0 atom stereocenters. The van der Waals surface area contributed by atoms with Crippen molar-refractivity contribution in [3.05, 3.63) is 48.5 Å². The third kappa shape index (κ3) is 1.60. The topological polar surface area (TPSA) is 33.4 Å². The first-order chi connectivity index (χ1) is 9.31. The first-order valence-corrected chi connectivity index (χ1v) is 6.44. The van der Waals surface area contributed by atoms with E-state index in [1.165, 1.54) is 16.7 Å². The Labute approximate surface area is 111 Å². The number of imidazole rings is 1. The Morgan fingerprint density at radius 1 is 1.11 bits per heavy atom. The molecule has 0 spiro atoms. The minimum Gasteiger partial charge on any atom is -0.359 e. The summed E-state index contributed by atoms with van der Waals surface area (Å²) in [6.45, 7) is 1.06. The second-order valence-electron chi connectivity index (χ2n) is 4.99. The van der Waals surface area contributed by atoms with Gasteiger partial charge in [0.25, 0.3) is 0 Å². The van der Waals surface area contributed by atoms with Crippen LogP contribution in [-0.4, -0.2) is 28.0 Å². The van der Waals surface area contributed by atoms with Gasteiger partial charge in [0.2, 0.25) is 0 Å². The molecule has 0 amide bonds. The van der Waals surface area contributed by atoms with Crippen LogP contribution in [0.1, 0.15) is 5.56 Å². The quantitative estimate of drug-likeness (QED) is 0.665. The summed E-state index contributed by atoms with van der Waals surface area (Å²) in [4.78, 5) is 11.1. The lowest BCUT2D eigenvalue weighted by Gasteiger charge is -2.10. The van der Waals surface area contributed by atoms with Crippen LogP contribution < -0.4 is 4.90 Å². The number of pyridine rings is 2. The monoisotopic (exact) mass is 250 g/mol. The fraction of sp³-hybridized carbons (Fsp3) is 0.200. The van der Waals surface area contributed by atoms with Crippen molar-refractivity contribution < 1.29 is 0 Å². The zero-order chi connectivity index (χ0) is 12.8. The van der Waals surface area contributed by atoms with Gasteiger partial charge >= 0.3 is 0 Å². The number of hydrogen-bond acceptors (Lipinski definition) is 3. The molecule has 19 heavy (non-hydrogen) atoms. The summed E-state index contributed by atoms with van der Waals surface area (Å²) in [6.07, 6.45) is 8.84. The number of anilines is 1. The van der Waals surface area contributed by atoms with Gasteiger partial charge in [0.05, 0.1) is 0 Å². The molecule has 0 bridgehead atoms. The van der Waals surface area contributed by atoms with E-state index in [2.05, 4.69) is 40.1 Å². The second kappa shape index (κ2) is 3.82. The van der Waals surface area contributed by atoms with E-state index in [-0.39, 0.29) is 0 Å². The van der Waals surface area contributed by atoms with Gasteiger partial charge in [0.1, 0.15) is 11.5 Å². The third-order valence-electron chi connectivity index (χ3n) is 3.75. The van der Waals surface area contributed by atoms with Crippen molar-refractivity contribution in [3.8, 4) is 11.1 Å². The van der Waals surface area contributed by atoms with Crippen molar-refractivity contribution >= 4 is 11.5 Å². The molecule has 3 aromatic heterocycles. The Morgan fingerprint density at radius 3 is 3.00 bits per heavy atom. The van der Waals surface area contributed by atoms with Crippen LogP contribution >= 0.6 is 0 Å². The number of aromatic nitrogens is 3. The highest BCUT2D eigenvalue weighted by molar-refractivity contribution is 5.69. The van der Waals surface area contributed by atoms with Crippen molar-refractivity contribution in [3.63, 3.8) is 0 Å². The summed E-state index contributed by atoms with van der Waals surface area (Å²) in [5.74, 6) is 1.12. The number of nitrogens with zero attached hydrogens (tertiary/aromatic N) is 4. The van der Waals surface area contributed by atoms with Gasteiger partial charge in [0, 0.05) is 43.9 Å². The van der Waals surface area contributed by atoms with Gasteiger partial charge in [-0.2, -0.15) is 0 Å². The first-order valence-electron chi connectivity index (χ1n) is 6.44. The Balaban J connectivity index is 1.83. The van der Waals surface area contributed by atoms with E-state index in [0.29, 0.717) is 0 Å². The summed E-state index contributed by atoms with van der Waals surface area (Å²) in [6, 6.07) is 6.46. The maximum Gasteiger partial charge on any atom is 0.137 e. The van der Waals surface area contributed by atoms with Gasteiger partial charge in [-0.05, 0) is 35.7 Å².